The second-order valence-electron chi connectivity index (χ2n) is 6.29. The number of carbonyl (C=O) groups excluding carboxylic acids is 1. The summed E-state index contributed by atoms with van der Waals surface area (Å²) in [4.78, 5) is 22.7. The lowest BCUT2D eigenvalue weighted by molar-refractivity contribution is 0.0586. The largest absolute Gasteiger partial charge is 0.474 e. The summed E-state index contributed by atoms with van der Waals surface area (Å²) in [6, 6.07) is 7.88. The van der Waals surface area contributed by atoms with Gasteiger partial charge in [-0.2, -0.15) is 4.98 Å². The van der Waals surface area contributed by atoms with E-state index in [2.05, 4.69) is 16.9 Å². The zero-order valence-corrected chi connectivity index (χ0v) is 14.9. The summed E-state index contributed by atoms with van der Waals surface area (Å²) in [5, 5.41) is 0. The Morgan fingerprint density at radius 2 is 1.92 bits per heavy atom. The lowest BCUT2D eigenvalue weighted by Crippen LogP contribution is -2.41. The molecule has 0 aliphatic carbocycles. The molecule has 3 rings (SSSR count). The lowest BCUT2D eigenvalue weighted by Gasteiger charge is -2.32. The average Bonchev–Trinajstić information content (AvgIpc) is 2.64. The Morgan fingerprint density at radius 1 is 1.16 bits per heavy atom. The van der Waals surface area contributed by atoms with Gasteiger partial charge in [0, 0.05) is 43.8 Å². The topological polar surface area (TPSA) is 64.6 Å². The highest BCUT2D eigenvalue weighted by Gasteiger charge is 2.25. The summed E-state index contributed by atoms with van der Waals surface area (Å²) >= 11 is 0. The molecule has 6 nitrogen and oxygen atoms in total. The predicted molar refractivity (Wildman–Crippen MR) is 94.1 cm³/mol. The maximum atomic E-state index is 12.7. The van der Waals surface area contributed by atoms with Crippen molar-refractivity contribution in [1.29, 1.82) is 0 Å². The minimum Gasteiger partial charge on any atom is -0.474 e. The summed E-state index contributed by atoms with van der Waals surface area (Å²) in [6.07, 6.45) is 3.22. The highest BCUT2D eigenvalue weighted by molar-refractivity contribution is 5.94. The van der Waals surface area contributed by atoms with Crippen LogP contribution >= 0.6 is 0 Å². The van der Waals surface area contributed by atoms with E-state index >= 15 is 0 Å². The summed E-state index contributed by atoms with van der Waals surface area (Å²) in [6.45, 7) is 5.44. The standard InChI is InChI=1S/C19H23N3O3/c1-13-4-5-15(12-14(13)2)18(23)22-10-7-16(8-11-22)25-17-6-9-20-19(21-17)24-3/h4-6,9,12,16H,7-8,10-11H2,1-3H3. The molecule has 1 aliphatic rings. The van der Waals surface area contributed by atoms with E-state index in [9.17, 15) is 4.79 Å². The fourth-order valence-corrected chi connectivity index (χ4v) is 2.89. The van der Waals surface area contributed by atoms with Gasteiger partial charge in [0.2, 0.25) is 5.88 Å². The Balaban J connectivity index is 1.57. The van der Waals surface area contributed by atoms with E-state index in [0.29, 0.717) is 25.0 Å². The number of piperidine rings is 1. The number of hydrogen-bond acceptors (Lipinski definition) is 5. The van der Waals surface area contributed by atoms with Crippen molar-refractivity contribution in [2.75, 3.05) is 20.2 Å². The monoisotopic (exact) mass is 341 g/mol. The molecule has 0 bridgehead atoms. The van der Waals surface area contributed by atoms with Crippen molar-refractivity contribution < 1.29 is 14.3 Å². The third-order valence-electron chi connectivity index (χ3n) is 4.56. The SMILES string of the molecule is COc1nccc(OC2CCN(C(=O)c3ccc(C)c(C)c3)CC2)n1. The van der Waals surface area contributed by atoms with Crippen molar-refractivity contribution >= 4 is 5.91 Å². The van der Waals surface area contributed by atoms with E-state index in [1.807, 2.05) is 30.0 Å². The quantitative estimate of drug-likeness (QED) is 0.855. The first-order valence-electron chi connectivity index (χ1n) is 8.47. The number of carbonyl (C=O) groups is 1. The van der Waals surface area contributed by atoms with Gasteiger partial charge >= 0.3 is 6.01 Å². The molecule has 0 saturated carbocycles. The molecule has 1 fully saturated rings. The third-order valence-corrected chi connectivity index (χ3v) is 4.56. The number of aryl methyl sites for hydroxylation is 2. The second-order valence-corrected chi connectivity index (χ2v) is 6.29. The maximum Gasteiger partial charge on any atom is 0.319 e. The first-order valence-corrected chi connectivity index (χ1v) is 8.47. The van der Waals surface area contributed by atoms with Crippen molar-refractivity contribution in [2.45, 2.75) is 32.8 Å². The van der Waals surface area contributed by atoms with Gasteiger partial charge in [0.25, 0.3) is 5.91 Å². The van der Waals surface area contributed by atoms with Crippen LogP contribution in [0.25, 0.3) is 0 Å². The number of methoxy groups -OCH3 is 1. The molecule has 25 heavy (non-hydrogen) atoms. The van der Waals surface area contributed by atoms with E-state index in [0.717, 1.165) is 24.0 Å². The molecule has 1 aromatic heterocycles. The van der Waals surface area contributed by atoms with Gasteiger partial charge in [0.1, 0.15) is 6.10 Å². The van der Waals surface area contributed by atoms with Crippen LogP contribution in [0.1, 0.15) is 34.3 Å². The van der Waals surface area contributed by atoms with Gasteiger partial charge in [0.15, 0.2) is 0 Å². The predicted octanol–water partition coefficient (Wildman–Crippen LogP) is 2.79. The van der Waals surface area contributed by atoms with Crippen molar-refractivity contribution in [3.8, 4) is 11.9 Å². The molecule has 1 aromatic carbocycles. The molecule has 2 heterocycles. The molecular weight excluding hydrogens is 318 g/mol. The van der Waals surface area contributed by atoms with Gasteiger partial charge < -0.3 is 14.4 Å². The van der Waals surface area contributed by atoms with E-state index in [1.165, 1.54) is 12.7 Å². The fraction of sp³-hybridized carbons (Fsp3) is 0.421. The Kier molecular flexibility index (Phi) is 5.16. The van der Waals surface area contributed by atoms with Crippen LogP contribution in [0.5, 0.6) is 11.9 Å². The van der Waals surface area contributed by atoms with Crippen molar-refractivity contribution in [3.63, 3.8) is 0 Å². The highest BCUT2D eigenvalue weighted by atomic mass is 16.5. The second kappa shape index (κ2) is 7.51. The van der Waals surface area contributed by atoms with E-state index < -0.39 is 0 Å². The molecule has 0 atom stereocenters. The van der Waals surface area contributed by atoms with Crippen LogP contribution < -0.4 is 9.47 Å². The van der Waals surface area contributed by atoms with Gasteiger partial charge in [-0.1, -0.05) is 6.07 Å². The molecule has 6 heteroatoms. The van der Waals surface area contributed by atoms with Crippen LogP contribution in [-0.2, 0) is 0 Å². The van der Waals surface area contributed by atoms with Crippen LogP contribution in [-0.4, -0.2) is 47.1 Å². The molecule has 2 aromatic rings. The number of rotatable bonds is 4. The molecule has 1 aliphatic heterocycles. The van der Waals surface area contributed by atoms with Crippen molar-refractivity contribution in [3.05, 3.63) is 47.2 Å². The van der Waals surface area contributed by atoms with E-state index in [4.69, 9.17) is 9.47 Å². The van der Waals surface area contributed by atoms with Crippen molar-refractivity contribution in [2.24, 2.45) is 0 Å². The van der Waals surface area contributed by atoms with E-state index in [-0.39, 0.29) is 12.0 Å². The van der Waals surface area contributed by atoms with Crippen LogP contribution in [0.2, 0.25) is 0 Å². The fourth-order valence-electron chi connectivity index (χ4n) is 2.89. The zero-order valence-electron chi connectivity index (χ0n) is 14.9. The van der Waals surface area contributed by atoms with Crippen LogP contribution in [0.3, 0.4) is 0 Å². The Morgan fingerprint density at radius 3 is 2.60 bits per heavy atom. The Hall–Kier alpha value is -2.63. The summed E-state index contributed by atoms with van der Waals surface area (Å²) in [7, 11) is 1.52. The van der Waals surface area contributed by atoms with E-state index in [1.54, 1.807) is 12.3 Å². The van der Waals surface area contributed by atoms with Gasteiger partial charge in [-0.25, -0.2) is 4.98 Å². The Labute approximate surface area is 147 Å². The summed E-state index contributed by atoms with van der Waals surface area (Å²) < 4.78 is 10.9. The molecule has 1 saturated heterocycles. The summed E-state index contributed by atoms with van der Waals surface area (Å²) in [5.41, 5.74) is 3.09. The first-order chi connectivity index (χ1) is 12.1. The molecule has 0 unspecified atom stereocenters. The minimum absolute atomic E-state index is 0.0448. The number of amides is 1. The lowest BCUT2D eigenvalue weighted by atomic mass is 10.0. The van der Waals surface area contributed by atoms with Gasteiger partial charge in [-0.3, -0.25) is 4.79 Å². The maximum absolute atomic E-state index is 12.7. The molecular formula is C19H23N3O3. The molecule has 1 amide bonds. The number of ether oxygens (including phenoxy) is 2. The number of hydrogen-bond donors (Lipinski definition) is 0. The average molecular weight is 341 g/mol. The highest BCUT2D eigenvalue weighted by Crippen LogP contribution is 2.20. The summed E-state index contributed by atoms with van der Waals surface area (Å²) in [5.74, 6) is 0.594. The van der Waals surface area contributed by atoms with Gasteiger partial charge in [-0.15, -0.1) is 0 Å². The number of nitrogens with zero attached hydrogens (tertiary/aromatic N) is 3. The van der Waals surface area contributed by atoms with Crippen LogP contribution in [0.4, 0.5) is 0 Å². The molecule has 0 radical (unpaired) electrons. The first kappa shape index (κ1) is 17.2. The van der Waals surface area contributed by atoms with Crippen LogP contribution in [0.15, 0.2) is 30.5 Å². The van der Waals surface area contributed by atoms with Gasteiger partial charge in [0.05, 0.1) is 7.11 Å². The zero-order chi connectivity index (χ0) is 17.8. The van der Waals surface area contributed by atoms with Gasteiger partial charge in [-0.05, 0) is 37.1 Å². The number of aromatic nitrogens is 2. The number of benzene rings is 1. The van der Waals surface area contributed by atoms with Crippen molar-refractivity contribution in [1.82, 2.24) is 14.9 Å². The minimum atomic E-state index is 0.0448. The molecule has 0 N–H and O–H groups in total. The van der Waals surface area contributed by atoms with Crippen LogP contribution in [0, 0.1) is 13.8 Å². The molecule has 132 valence electrons. The normalized spacial score (nSPS) is 15.1. The molecule has 0 spiro atoms. The number of likely N-dealkylation sites (tertiary alicyclic amines) is 1. The smallest absolute Gasteiger partial charge is 0.319 e. The Bertz CT molecular complexity index is 755. The third kappa shape index (κ3) is 4.07.